The number of likely N-dealkylation sites (tertiary alicyclic amines) is 1. The van der Waals surface area contributed by atoms with Gasteiger partial charge in [0, 0.05) is 13.1 Å². The van der Waals surface area contributed by atoms with Gasteiger partial charge in [-0.1, -0.05) is 0 Å². The van der Waals surface area contributed by atoms with Crippen molar-refractivity contribution in [3.05, 3.63) is 23.4 Å². The Morgan fingerprint density at radius 3 is 2.60 bits per heavy atom. The maximum atomic E-state index is 12.6. The van der Waals surface area contributed by atoms with E-state index in [2.05, 4.69) is 15.2 Å². The number of hydrogen-bond donors (Lipinski definition) is 1. The summed E-state index contributed by atoms with van der Waals surface area (Å²) in [5.74, 6) is 0.00141. The van der Waals surface area contributed by atoms with E-state index in [1.165, 1.54) is 0 Å². The molecule has 1 aliphatic rings. The van der Waals surface area contributed by atoms with Crippen LogP contribution in [0.2, 0.25) is 0 Å². The lowest BCUT2D eigenvalue weighted by molar-refractivity contribution is -0.141. The molecule has 20 heavy (non-hydrogen) atoms. The van der Waals surface area contributed by atoms with Crippen molar-refractivity contribution < 1.29 is 13.2 Å². The van der Waals surface area contributed by atoms with Gasteiger partial charge in [0.05, 0.1) is 5.56 Å². The average molecular weight is 284 g/mol. The van der Waals surface area contributed by atoms with Gasteiger partial charge in [0.25, 0.3) is 0 Å². The molecule has 1 aromatic heterocycles. The van der Waals surface area contributed by atoms with Crippen molar-refractivity contribution >= 4 is 5.82 Å². The largest absolute Gasteiger partial charge is 0.433 e. The minimum Gasteiger partial charge on any atom is -0.368 e. The van der Waals surface area contributed by atoms with E-state index in [1.54, 1.807) is 0 Å². The van der Waals surface area contributed by atoms with Crippen LogP contribution in [0.5, 0.6) is 0 Å². The van der Waals surface area contributed by atoms with Crippen molar-refractivity contribution in [1.29, 1.82) is 5.26 Å². The predicted molar refractivity (Wildman–Crippen MR) is 68.1 cm³/mol. The Labute approximate surface area is 115 Å². The van der Waals surface area contributed by atoms with Crippen LogP contribution in [-0.2, 0) is 6.18 Å². The fourth-order valence-electron chi connectivity index (χ4n) is 2.18. The number of nitriles is 1. The first-order chi connectivity index (χ1) is 9.50. The fraction of sp³-hybridized carbons (Fsp3) is 0.538. The van der Waals surface area contributed by atoms with Gasteiger partial charge in [0.1, 0.15) is 17.6 Å². The maximum absolute atomic E-state index is 12.6. The molecule has 1 saturated heterocycles. The highest BCUT2D eigenvalue weighted by Crippen LogP contribution is 2.29. The molecule has 0 unspecified atom stereocenters. The third-order valence-electron chi connectivity index (χ3n) is 3.23. The SMILES string of the molecule is N#Cc1ccc(C(F)(F)F)nc1NCCN1CCCC1. The van der Waals surface area contributed by atoms with E-state index in [0.29, 0.717) is 6.54 Å². The first-order valence-electron chi connectivity index (χ1n) is 6.45. The quantitative estimate of drug-likeness (QED) is 0.923. The molecule has 0 atom stereocenters. The van der Waals surface area contributed by atoms with Crippen LogP contribution in [0.3, 0.4) is 0 Å². The van der Waals surface area contributed by atoms with Crippen LogP contribution in [0.4, 0.5) is 19.0 Å². The van der Waals surface area contributed by atoms with Crippen LogP contribution in [0.25, 0.3) is 0 Å². The zero-order chi connectivity index (χ0) is 14.6. The van der Waals surface area contributed by atoms with Crippen LogP contribution < -0.4 is 5.32 Å². The second-order valence-corrected chi connectivity index (χ2v) is 4.68. The van der Waals surface area contributed by atoms with Crippen LogP contribution >= 0.6 is 0 Å². The fourth-order valence-corrected chi connectivity index (χ4v) is 2.18. The molecule has 0 amide bonds. The topological polar surface area (TPSA) is 52.0 Å². The van der Waals surface area contributed by atoms with E-state index in [1.807, 2.05) is 6.07 Å². The average Bonchev–Trinajstić information content (AvgIpc) is 2.90. The molecule has 108 valence electrons. The summed E-state index contributed by atoms with van der Waals surface area (Å²) in [6.45, 7) is 3.25. The molecule has 0 aliphatic carbocycles. The monoisotopic (exact) mass is 284 g/mol. The van der Waals surface area contributed by atoms with Crippen molar-refractivity contribution in [2.24, 2.45) is 0 Å². The molecule has 0 radical (unpaired) electrons. The lowest BCUT2D eigenvalue weighted by Crippen LogP contribution is -2.26. The van der Waals surface area contributed by atoms with E-state index in [-0.39, 0.29) is 11.4 Å². The molecule has 7 heteroatoms. The minimum atomic E-state index is -4.50. The molecule has 4 nitrogen and oxygen atoms in total. The summed E-state index contributed by atoms with van der Waals surface area (Å²) in [6, 6.07) is 3.82. The van der Waals surface area contributed by atoms with Gasteiger partial charge in [-0.15, -0.1) is 0 Å². The smallest absolute Gasteiger partial charge is 0.368 e. The summed E-state index contributed by atoms with van der Waals surface area (Å²) < 4.78 is 37.8. The van der Waals surface area contributed by atoms with Crippen molar-refractivity contribution in [1.82, 2.24) is 9.88 Å². The number of rotatable bonds is 4. The Morgan fingerprint density at radius 1 is 1.30 bits per heavy atom. The third-order valence-corrected chi connectivity index (χ3v) is 3.23. The summed E-state index contributed by atoms with van der Waals surface area (Å²) in [6.07, 6.45) is -2.18. The molecule has 1 aliphatic heterocycles. The summed E-state index contributed by atoms with van der Waals surface area (Å²) in [4.78, 5) is 5.73. The van der Waals surface area contributed by atoms with Gasteiger partial charge in [0.2, 0.25) is 0 Å². The highest BCUT2D eigenvalue weighted by atomic mass is 19.4. The van der Waals surface area contributed by atoms with Crippen LogP contribution in [-0.4, -0.2) is 36.1 Å². The first-order valence-corrected chi connectivity index (χ1v) is 6.45. The Balaban J connectivity index is 2.02. The number of anilines is 1. The molecular weight excluding hydrogens is 269 g/mol. The maximum Gasteiger partial charge on any atom is 0.433 e. The summed E-state index contributed by atoms with van der Waals surface area (Å²) in [7, 11) is 0. The molecule has 1 N–H and O–H groups in total. The molecular formula is C13H15F3N4. The Kier molecular flexibility index (Phi) is 4.45. The van der Waals surface area contributed by atoms with Crippen molar-refractivity contribution in [2.45, 2.75) is 19.0 Å². The van der Waals surface area contributed by atoms with Crippen molar-refractivity contribution in [2.75, 3.05) is 31.5 Å². The lowest BCUT2D eigenvalue weighted by atomic mass is 10.2. The second-order valence-electron chi connectivity index (χ2n) is 4.68. The van der Waals surface area contributed by atoms with Crippen molar-refractivity contribution in [3.63, 3.8) is 0 Å². The van der Waals surface area contributed by atoms with Gasteiger partial charge >= 0.3 is 6.18 Å². The number of alkyl halides is 3. The predicted octanol–water partition coefficient (Wildman–Crippen LogP) is 2.48. The summed E-state index contributed by atoms with van der Waals surface area (Å²) >= 11 is 0. The molecule has 2 heterocycles. The molecule has 0 aromatic carbocycles. The summed E-state index contributed by atoms with van der Waals surface area (Å²) in [5, 5.41) is 11.7. The third kappa shape index (κ3) is 3.61. The normalized spacial score (nSPS) is 16.1. The molecule has 0 spiro atoms. The van der Waals surface area contributed by atoms with E-state index in [4.69, 9.17) is 5.26 Å². The number of hydrogen-bond acceptors (Lipinski definition) is 4. The molecule has 0 bridgehead atoms. The zero-order valence-electron chi connectivity index (χ0n) is 10.9. The number of halogens is 3. The van der Waals surface area contributed by atoms with Gasteiger partial charge in [-0.25, -0.2) is 4.98 Å². The molecule has 2 rings (SSSR count). The zero-order valence-corrected chi connectivity index (χ0v) is 10.9. The molecule has 0 saturated carbocycles. The Morgan fingerprint density at radius 2 is 2.00 bits per heavy atom. The van der Waals surface area contributed by atoms with Crippen molar-refractivity contribution in [3.8, 4) is 6.07 Å². The van der Waals surface area contributed by atoms with Gasteiger partial charge in [-0.05, 0) is 38.1 Å². The van der Waals surface area contributed by atoms with Crippen LogP contribution in [0, 0.1) is 11.3 Å². The van der Waals surface area contributed by atoms with E-state index in [9.17, 15) is 13.2 Å². The van der Waals surface area contributed by atoms with Gasteiger partial charge in [0.15, 0.2) is 0 Å². The minimum absolute atomic E-state index is 0.00141. The number of nitrogens with zero attached hydrogens (tertiary/aromatic N) is 3. The number of nitrogens with one attached hydrogen (secondary N) is 1. The first kappa shape index (κ1) is 14.6. The standard InChI is InChI=1S/C13H15F3N4/c14-13(15,16)11-4-3-10(9-17)12(19-11)18-5-8-20-6-1-2-7-20/h3-4H,1-2,5-8H2,(H,18,19). The van der Waals surface area contributed by atoms with E-state index >= 15 is 0 Å². The van der Waals surface area contributed by atoms with Gasteiger partial charge in [-0.2, -0.15) is 18.4 Å². The van der Waals surface area contributed by atoms with E-state index in [0.717, 1.165) is 44.6 Å². The lowest BCUT2D eigenvalue weighted by Gasteiger charge is -2.16. The van der Waals surface area contributed by atoms with Gasteiger partial charge < -0.3 is 10.2 Å². The number of aromatic nitrogens is 1. The van der Waals surface area contributed by atoms with E-state index < -0.39 is 11.9 Å². The van der Waals surface area contributed by atoms with Crippen LogP contribution in [0.1, 0.15) is 24.1 Å². The second kappa shape index (κ2) is 6.09. The van der Waals surface area contributed by atoms with Gasteiger partial charge in [-0.3, -0.25) is 0 Å². The Bertz CT molecular complexity index is 501. The molecule has 1 aromatic rings. The Hall–Kier alpha value is -1.81. The highest BCUT2D eigenvalue weighted by Gasteiger charge is 2.33. The highest BCUT2D eigenvalue weighted by molar-refractivity contribution is 5.52. The number of pyridine rings is 1. The summed E-state index contributed by atoms with van der Waals surface area (Å²) in [5.41, 5.74) is -0.861. The molecule has 1 fully saturated rings. The van der Waals surface area contributed by atoms with Crippen LogP contribution in [0.15, 0.2) is 12.1 Å².